The third kappa shape index (κ3) is 5.80. The Kier molecular flexibility index (Phi) is 10.9. The fourth-order valence-electron chi connectivity index (χ4n) is 22.5. The molecule has 0 spiro atoms. The van der Waals surface area contributed by atoms with Crippen LogP contribution in [0.25, 0.3) is 0 Å². The van der Waals surface area contributed by atoms with Crippen molar-refractivity contribution in [1.82, 2.24) is 0 Å². The van der Waals surface area contributed by atoms with Crippen LogP contribution in [-0.2, 0) is 0 Å². The topological polar surface area (TPSA) is 80.9 Å². The molecular formula is C57H96O4. The summed E-state index contributed by atoms with van der Waals surface area (Å²) < 4.78 is 0. The van der Waals surface area contributed by atoms with Gasteiger partial charge in [-0.05, 0) is 243 Å². The average molecular weight is 845 g/mol. The van der Waals surface area contributed by atoms with E-state index >= 15 is 0 Å². The van der Waals surface area contributed by atoms with Crippen LogP contribution in [0.4, 0.5) is 0 Å². The number of hydrogen-bond donors (Lipinski definition) is 4. The molecule has 348 valence electrons. The highest BCUT2D eigenvalue weighted by Crippen LogP contribution is 2.79. The van der Waals surface area contributed by atoms with Crippen LogP contribution < -0.4 is 0 Å². The van der Waals surface area contributed by atoms with Crippen molar-refractivity contribution in [3.8, 4) is 0 Å². The Morgan fingerprint density at radius 1 is 0.443 bits per heavy atom. The highest BCUT2D eigenvalue weighted by atomic mass is 16.3. The van der Waals surface area contributed by atoms with Gasteiger partial charge in [-0.1, -0.05) is 87.8 Å². The monoisotopic (exact) mass is 845 g/mol. The Balaban J connectivity index is 0.000000157. The van der Waals surface area contributed by atoms with E-state index in [9.17, 15) is 20.4 Å². The van der Waals surface area contributed by atoms with Crippen molar-refractivity contribution in [3.63, 3.8) is 0 Å². The summed E-state index contributed by atoms with van der Waals surface area (Å²) in [6.07, 6.45) is 26.3. The van der Waals surface area contributed by atoms with Gasteiger partial charge in [0.2, 0.25) is 0 Å². The van der Waals surface area contributed by atoms with E-state index in [4.69, 9.17) is 0 Å². The van der Waals surface area contributed by atoms with Crippen LogP contribution in [0.5, 0.6) is 0 Å². The van der Waals surface area contributed by atoms with E-state index in [0.29, 0.717) is 69.4 Å². The maximum Gasteiger partial charge on any atom is 0.0594 e. The van der Waals surface area contributed by atoms with Gasteiger partial charge in [0.1, 0.15) is 0 Å². The first-order chi connectivity index (χ1) is 28.4. The Labute approximate surface area is 375 Å². The zero-order valence-corrected chi connectivity index (χ0v) is 41.6. The van der Waals surface area contributed by atoms with E-state index in [0.717, 1.165) is 42.4 Å². The van der Waals surface area contributed by atoms with E-state index in [1.807, 2.05) is 0 Å². The first kappa shape index (κ1) is 45.7. The Bertz CT molecular complexity index is 1700. The molecule has 0 aromatic carbocycles. The molecule has 0 aromatic rings. The summed E-state index contributed by atoms with van der Waals surface area (Å²) in [4.78, 5) is 0. The van der Waals surface area contributed by atoms with E-state index in [1.54, 1.807) is 0 Å². The van der Waals surface area contributed by atoms with Gasteiger partial charge in [0.05, 0.1) is 12.2 Å². The van der Waals surface area contributed by atoms with Gasteiger partial charge in [0, 0.05) is 13.2 Å². The molecule has 0 aliphatic heterocycles. The smallest absolute Gasteiger partial charge is 0.0594 e. The number of rotatable bonds is 3. The van der Waals surface area contributed by atoms with Crippen LogP contribution in [-0.4, -0.2) is 45.8 Å². The first-order valence-corrected chi connectivity index (χ1v) is 26.7. The first-order valence-electron chi connectivity index (χ1n) is 26.7. The van der Waals surface area contributed by atoms with E-state index < -0.39 is 0 Å². The molecule has 10 aliphatic carbocycles. The lowest BCUT2D eigenvalue weighted by Gasteiger charge is -2.73. The van der Waals surface area contributed by atoms with E-state index in [2.05, 4.69) is 82.7 Å². The largest absolute Gasteiger partial charge is 0.396 e. The number of hydrogen-bond acceptors (Lipinski definition) is 4. The maximum absolute atomic E-state index is 10.9. The second kappa shape index (κ2) is 14.5. The molecule has 0 radical (unpaired) electrons. The summed E-state index contributed by atoms with van der Waals surface area (Å²) in [5, 5.41) is 42.7. The van der Waals surface area contributed by atoms with Gasteiger partial charge in [-0.25, -0.2) is 0 Å². The average Bonchev–Trinajstić information content (AvgIpc) is 3.82. The van der Waals surface area contributed by atoms with Crippen LogP contribution >= 0.6 is 0 Å². The fourth-order valence-corrected chi connectivity index (χ4v) is 22.5. The van der Waals surface area contributed by atoms with Crippen LogP contribution in [0.3, 0.4) is 0 Å². The van der Waals surface area contributed by atoms with Gasteiger partial charge >= 0.3 is 0 Å². The van der Waals surface area contributed by atoms with Crippen molar-refractivity contribution >= 4 is 0 Å². The summed E-state index contributed by atoms with van der Waals surface area (Å²) in [6, 6.07) is 0. The molecular weight excluding hydrogens is 749 g/mol. The lowest BCUT2D eigenvalue weighted by atomic mass is 9.32. The quantitative estimate of drug-likeness (QED) is 0.213. The number of aliphatic hydroxyl groups is 4. The molecule has 0 amide bonds. The Morgan fingerprint density at radius 3 is 1.41 bits per heavy atom. The summed E-state index contributed by atoms with van der Waals surface area (Å²) >= 11 is 0. The zero-order valence-electron chi connectivity index (χ0n) is 41.6. The molecule has 19 atom stereocenters. The van der Waals surface area contributed by atoms with Crippen molar-refractivity contribution in [2.45, 2.75) is 223 Å². The molecule has 0 bridgehead atoms. The van der Waals surface area contributed by atoms with Crippen LogP contribution in [0.1, 0.15) is 211 Å². The van der Waals surface area contributed by atoms with Gasteiger partial charge in [0.25, 0.3) is 0 Å². The minimum Gasteiger partial charge on any atom is -0.396 e. The van der Waals surface area contributed by atoms with Crippen LogP contribution in [0, 0.1) is 107 Å². The molecule has 4 N–H and O–H groups in total. The van der Waals surface area contributed by atoms with Crippen molar-refractivity contribution in [2.75, 3.05) is 13.2 Å². The summed E-state index contributed by atoms with van der Waals surface area (Å²) in [7, 11) is 0. The molecule has 10 saturated carbocycles. The fraction of sp³-hybridized carbons (Fsp3) is 0.965. The molecule has 0 unspecified atom stereocenters. The number of fused-ring (bicyclic) bond motifs is 14. The van der Waals surface area contributed by atoms with E-state index in [-0.39, 0.29) is 33.9 Å². The predicted molar refractivity (Wildman–Crippen MR) is 250 cm³/mol. The third-order valence-electron chi connectivity index (χ3n) is 26.4. The van der Waals surface area contributed by atoms with Crippen molar-refractivity contribution in [3.05, 3.63) is 12.2 Å². The third-order valence-corrected chi connectivity index (χ3v) is 26.4. The van der Waals surface area contributed by atoms with Crippen molar-refractivity contribution in [1.29, 1.82) is 0 Å². The highest BCUT2D eigenvalue weighted by molar-refractivity contribution is 5.22. The minimum absolute atomic E-state index is 0.0290. The lowest BCUT2D eigenvalue weighted by Crippen LogP contribution is -2.66. The lowest BCUT2D eigenvalue weighted by molar-refractivity contribution is -0.249. The standard InChI is InChI=1S/C30H50O2.C27H46O2/c1-19(2)20-10-15-30(18-31)17-16-28(6)21(25(20)30)8-9-23-27(5)13-12-24(32)26(3,4)22(27)11-14-29(23,28)7;1-23(2)20-10-14-26(5)21(24(20,3)13-11-22(23)29)9-8-18-19-7-6-12-27(19,17-28)16-15-25(18,26)4/h20-25,31-32H,1,8-18H2,2-7H3;18-22,28-29H,6-17H2,1-5H3/t20-,21+,22-,23+,24-,25+,27-,28+,29+,30+;18-,19-,20+,21-,22+,24+,25-,26-,27-/m01/s1. The van der Waals surface area contributed by atoms with Gasteiger partial charge in [-0.3, -0.25) is 0 Å². The molecule has 0 saturated heterocycles. The van der Waals surface area contributed by atoms with Crippen molar-refractivity contribution in [2.24, 2.45) is 107 Å². The Morgan fingerprint density at radius 2 is 0.918 bits per heavy atom. The van der Waals surface area contributed by atoms with Gasteiger partial charge in [0.15, 0.2) is 0 Å². The second-order valence-electron chi connectivity index (χ2n) is 28.1. The number of allylic oxidation sites excluding steroid dienone is 1. The predicted octanol–water partition coefficient (Wildman–Crippen LogP) is 13.2. The van der Waals surface area contributed by atoms with Gasteiger partial charge < -0.3 is 20.4 Å². The summed E-state index contributed by atoms with van der Waals surface area (Å²) in [5.74, 6) is 6.36. The summed E-state index contributed by atoms with van der Waals surface area (Å²) in [5.41, 5.74) is 4.14. The molecule has 0 aromatic heterocycles. The molecule has 10 aliphatic rings. The summed E-state index contributed by atoms with van der Waals surface area (Å²) in [6.45, 7) is 32.8. The molecule has 10 fully saturated rings. The molecule has 4 nitrogen and oxygen atoms in total. The van der Waals surface area contributed by atoms with E-state index in [1.165, 1.54) is 128 Å². The second-order valence-corrected chi connectivity index (χ2v) is 28.1. The molecule has 10 rings (SSSR count). The molecule has 4 heteroatoms. The van der Waals surface area contributed by atoms with Gasteiger partial charge in [-0.15, -0.1) is 0 Å². The maximum atomic E-state index is 10.9. The van der Waals surface area contributed by atoms with Gasteiger partial charge in [-0.2, -0.15) is 0 Å². The Hall–Kier alpha value is -0.420. The highest BCUT2D eigenvalue weighted by Gasteiger charge is 2.72. The molecule has 61 heavy (non-hydrogen) atoms. The van der Waals surface area contributed by atoms with Crippen molar-refractivity contribution < 1.29 is 20.4 Å². The van der Waals surface area contributed by atoms with Crippen LogP contribution in [0.15, 0.2) is 12.2 Å². The number of aliphatic hydroxyl groups excluding tert-OH is 4. The normalized spacial score (nSPS) is 57.5. The SMILES string of the molecule is C=C(C)[C@@H]1CC[C@]2(CO)CC[C@]3(C)[C@H](CC[C@@H]4[C@@]5(C)CC[C@H](O)C(C)(C)[C@@H]5CC[C@]43C)[C@@H]12.CC1(C)[C@@H](O)CC[C@]2(C)[C@H]3CC[C@@H]4[C@H]5CCC[C@]5(CO)CC[C@@]4(C)[C@]3(C)CC[C@@H]12. The molecule has 0 heterocycles. The van der Waals surface area contributed by atoms with Crippen LogP contribution in [0.2, 0.25) is 0 Å². The minimum atomic E-state index is -0.147. The zero-order chi connectivity index (χ0) is 44.2.